The van der Waals surface area contributed by atoms with Crippen LogP contribution in [0.15, 0.2) is 18.2 Å². The lowest BCUT2D eigenvalue weighted by Gasteiger charge is -2.25. The molecule has 102 valence electrons. The predicted octanol–water partition coefficient (Wildman–Crippen LogP) is 2.03. The first-order valence-electron chi connectivity index (χ1n) is 5.85. The van der Waals surface area contributed by atoms with Gasteiger partial charge in [-0.3, -0.25) is 14.9 Å². The van der Waals surface area contributed by atoms with E-state index in [1.807, 2.05) is 0 Å². The Morgan fingerprint density at radius 3 is 2.74 bits per heavy atom. The maximum atomic E-state index is 13.9. The normalized spacial score (nSPS) is 22.5. The van der Waals surface area contributed by atoms with Gasteiger partial charge in [0.25, 0.3) is 5.69 Å². The molecular formula is C12H13FN2O4. The number of carboxylic acid groups (broad SMARTS) is 1. The van der Waals surface area contributed by atoms with Gasteiger partial charge in [-0.05, 0) is 19.4 Å². The van der Waals surface area contributed by atoms with Gasteiger partial charge in [-0.25, -0.2) is 4.39 Å². The number of halogens is 1. The fraction of sp³-hybridized carbons (Fsp3) is 0.417. The van der Waals surface area contributed by atoms with Crippen molar-refractivity contribution in [2.45, 2.75) is 19.4 Å². The van der Waals surface area contributed by atoms with E-state index in [2.05, 4.69) is 0 Å². The van der Waals surface area contributed by atoms with Crippen LogP contribution in [0.25, 0.3) is 0 Å². The molecule has 2 atom stereocenters. The van der Waals surface area contributed by atoms with E-state index in [4.69, 9.17) is 5.11 Å². The van der Waals surface area contributed by atoms with Crippen molar-refractivity contribution >= 4 is 17.3 Å². The average molecular weight is 268 g/mol. The molecule has 6 nitrogen and oxygen atoms in total. The highest BCUT2D eigenvalue weighted by Gasteiger charge is 2.36. The number of carbonyl (C=O) groups is 1. The topological polar surface area (TPSA) is 83.7 Å². The van der Waals surface area contributed by atoms with E-state index in [0.717, 1.165) is 6.07 Å². The van der Waals surface area contributed by atoms with Crippen molar-refractivity contribution in [1.29, 1.82) is 0 Å². The van der Waals surface area contributed by atoms with Gasteiger partial charge >= 0.3 is 5.97 Å². The number of aliphatic carboxylic acids is 1. The molecule has 1 heterocycles. The van der Waals surface area contributed by atoms with Crippen molar-refractivity contribution in [1.82, 2.24) is 0 Å². The second kappa shape index (κ2) is 4.83. The van der Waals surface area contributed by atoms with Crippen molar-refractivity contribution in [2.24, 2.45) is 5.92 Å². The number of anilines is 1. The number of hydrogen-bond acceptors (Lipinski definition) is 4. The van der Waals surface area contributed by atoms with Crippen molar-refractivity contribution in [3.63, 3.8) is 0 Å². The van der Waals surface area contributed by atoms with E-state index in [0.29, 0.717) is 13.0 Å². The van der Waals surface area contributed by atoms with Crippen LogP contribution in [0.3, 0.4) is 0 Å². The zero-order valence-electron chi connectivity index (χ0n) is 10.2. The molecule has 0 saturated carbocycles. The minimum Gasteiger partial charge on any atom is -0.481 e. The van der Waals surface area contributed by atoms with E-state index < -0.39 is 22.6 Å². The van der Waals surface area contributed by atoms with Crippen LogP contribution in [0, 0.1) is 21.8 Å². The molecule has 2 rings (SSSR count). The Labute approximate surface area is 108 Å². The van der Waals surface area contributed by atoms with Crippen LogP contribution in [0.1, 0.15) is 13.3 Å². The van der Waals surface area contributed by atoms with Gasteiger partial charge in [0.1, 0.15) is 0 Å². The standard InChI is InChI=1S/C12H13FN2O4/c1-7-9(12(16)17)4-5-14(7)11-3-2-8(15(18)19)6-10(11)13/h2-3,6-7,9H,4-5H2,1H3,(H,16,17). The van der Waals surface area contributed by atoms with Gasteiger partial charge in [0.05, 0.1) is 22.6 Å². The van der Waals surface area contributed by atoms with Crippen molar-refractivity contribution < 1.29 is 19.2 Å². The van der Waals surface area contributed by atoms with Gasteiger partial charge < -0.3 is 10.0 Å². The Kier molecular flexibility index (Phi) is 3.37. The lowest BCUT2D eigenvalue weighted by Crippen LogP contribution is -2.33. The number of hydrogen-bond donors (Lipinski definition) is 1. The quantitative estimate of drug-likeness (QED) is 0.669. The van der Waals surface area contributed by atoms with E-state index in [-0.39, 0.29) is 17.4 Å². The van der Waals surface area contributed by atoms with E-state index in [1.165, 1.54) is 12.1 Å². The van der Waals surface area contributed by atoms with Crippen LogP contribution >= 0.6 is 0 Å². The number of rotatable bonds is 3. The Bertz CT molecular complexity index is 534. The molecule has 1 aliphatic rings. The van der Waals surface area contributed by atoms with Crippen molar-refractivity contribution in [2.75, 3.05) is 11.4 Å². The summed E-state index contributed by atoms with van der Waals surface area (Å²) in [6.07, 6.45) is 0.437. The molecule has 0 aromatic heterocycles. The Balaban J connectivity index is 2.28. The third-order valence-electron chi connectivity index (χ3n) is 3.52. The largest absolute Gasteiger partial charge is 0.481 e. The third-order valence-corrected chi connectivity index (χ3v) is 3.52. The summed E-state index contributed by atoms with van der Waals surface area (Å²) < 4.78 is 13.9. The Hall–Kier alpha value is -2.18. The number of nitro groups is 1. The minimum absolute atomic E-state index is 0.210. The average Bonchev–Trinajstić information content (AvgIpc) is 2.71. The van der Waals surface area contributed by atoms with Gasteiger partial charge in [-0.1, -0.05) is 0 Å². The molecule has 1 aliphatic heterocycles. The van der Waals surface area contributed by atoms with Crippen LogP contribution in [-0.2, 0) is 4.79 Å². The maximum absolute atomic E-state index is 13.9. The molecule has 0 aliphatic carbocycles. The second-order valence-corrected chi connectivity index (χ2v) is 4.56. The summed E-state index contributed by atoms with van der Waals surface area (Å²) in [6.45, 7) is 2.14. The van der Waals surface area contributed by atoms with E-state index in [9.17, 15) is 19.3 Å². The van der Waals surface area contributed by atoms with E-state index in [1.54, 1.807) is 11.8 Å². The fourth-order valence-electron chi connectivity index (χ4n) is 2.45. The summed E-state index contributed by atoms with van der Waals surface area (Å²) in [5.41, 5.74) is -0.107. The van der Waals surface area contributed by atoms with Crippen LogP contribution in [0.2, 0.25) is 0 Å². The van der Waals surface area contributed by atoms with Crippen LogP contribution < -0.4 is 4.90 Å². The number of carboxylic acids is 1. The molecule has 1 aromatic carbocycles. The first kappa shape index (κ1) is 13.3. The molecule has 7 heteroatoms. The Morgan fingerprint density at radius 1 is 1.58 bits per heavy atom. The van der Waals surface area contributed by atoms with Crippen molar-refractivity contribution in [3.8, 4) is 0 Å². The molecule has 0 radical (unpaired) electrons. The molecule has 1 aromatic rings. The highest BCUT2D eigenvalue weighted by molar-refractivity contribution is 5.73. The van der Waals surface area contributed by atoms with Gasteiger partial charge in [0.15, 0.2) is 5.82 Å². The molecule has 0 amide bonds. The molecule has 1 saturated heterocycles. The smallest absolute Gasteiger partial charge is 0.308 e. The van der Waals surface area contributed by atoms with Crippen molar-refractivity contribution in [3.05, 3.63) is 34.1 Å². The fourth-order valence-corrected chi connectivity index (χ4v) is 2.45. The van der Waals surface area contributed by atoms with Crippen LogP contribution in [0.5, 0.6) is 0 Å². The van der Waals surface area contributed by atoms with Gasteiger partial charge in [-0.2, -0.15) is 0 Å². The molecule has 0 spiro atoms. The number of non-ortho nitro benzene ring substituents is 1. The highest BCUT2D eigenvalue weighted by atomic mass is 19.1. The molecule has 0 bridgehead atoms. The lowest BCUT2D eigenvalue weighted by atomic mass is 10.0. The molecular weight excluding hydrogens is 255 g/mol. The molecule has 2 unspecified atom stereocenters. The SMILES string of the molecule is CC1C(C(=O)O)CCN1c1ccc([N+](=O)[O-])cc1F. The third kappa shape index (κ3) is 2.35. The maximum Gasteiger partial charge on any atom is 0.308 e. The number of nitrogens with zero attached hydrogens (tertiary/aromatic N) is 2. The minimum atomic E-state index is -0.905. The van der Waals surface area contributed by atoms with Crippen LogP contribution in [-0.4, -0.2) is 28.6 Å². The van der Waals surface area contributed by atoms with Crippen LogP contribution in [0.4, 0.5) is 15.8 Å². The predicted molar refractivity (Wildman–Crippen MR) is 65.6 cm³/mol. The Morgan fingerprint density at radius 2 is 2.26 bits per heavy atom. The van der Waals surface area contributed by atoms with Gasteiger partial charge in [-0.15, -0.1) is 0 Å². The monoisotopic (exact) mass is 268 g/mol. The first-order valence-corrected chi connectivity index (χ1v) is 5.85. The molecule has 1 N–H and O–H groups in total. The lowest BCUT2D eigenvalue weighted by molar-refractivity contribution is -0.385. The number of benzene rings is 1. The summed E-state index contributed by atoms with van der Waals surface area (Å²) >= 11 is 0. The first-order chi connectivity index (χ1) is 8.91. The zero-order chi connectivity index (χ0) is 14.2. The van der Waals surface area contributed by atoms with Gasteiger partial charge in [0.2, 0.25) is 0 Å². The second-order valence-electron chi connectivity index (χ2n) is 4.56. The highest BCUT2D eigenvalue weighted by Crippen LogP contribution is 2.33. The summed E-state index contributed by atoms with van der Waals surface area (Å²) in [7, 11) is 0. The summed E-state index contributed by atoms with van der Waals surface area (Å²) in [5, 5.41) is 19.6. The summed E-state index contributed by atoms with van der Waals surface area (Å²) in [4.78, 5) is 22.5. The summed E-state index contributed by atoms with van der Waals surface area (Å²) in [6, 6.07) is 3.07. The molecule has 19 heavy (non-hydrogen) atoms. The summed E-state index contributed by atoms with van der Waals surface area (Å²) in [5.74, 6) is -2.15. The molecule has 1 fully saturated rings. The zero-order valence-corrected chi connectivity index (χ0v) is 10.2. The number of nitro benzene ring substituents is 1. The van der Waals surface area contributed by atoms with E-state index >= 15 is 0 Å². The van der Waals surface area contributed by atoms with Gasteiger partial charge in [0, 0.05) is 18.7 Å².